The molecule has 112 valence electrons. The number of carbonyl (C=O) groups is 1. The lowest BCUT2D eigenvalue weighted by Gasteiger charge is -2.10. The Morgan fingerprint density at radius 1 is 1.43 bits per heavy atom. The summed E-state index contributed by atoms with van der Waals surface area (Å²) in [6, 6.07) is 2.12. The van der Waals surface area contributed by atoms with Crippen molar-refractivity contribution in [2.24, 2.45) is 0 Å². The Morgan fingerprint density at radius 3 is 2.95 bits per heavy atom. The summed E-state index contributed by atoms with van der Waals surface area (Å²) in [6.07, 6.45) is 6.16. The van der Waals surface area contributed by atoms with Crippen molar-refractivity contribution in [1.29, 1.82) is 0 Å². The number of hydrogen-bond acceptors (Lipinski definition) is 6. The number of nitrogens with zero attached hydrogens (tertiary/aromatic N) is 2. The van der Waals surface area contributed by atoms with Gasteiger partial charge >= 0.3 is 0 Å². The van der Waals surface area contributed by atoms with Crippen LogP contribution in [0.15, 0.2) is 26.4 Å². The average molecular weight is 307 g/mol. The zero-order valence-electron chi connectivity index (χ0n) is 11.8. The van der Waals surface area contributed by atoms with Crippen LogP contribution in [-0.4, -0.2) is 27.9 Å². The molecule has 21 heavy (non-hydrogen) atoms. The second-order valence-electron chi connectivity index (χ2n) is 5.10. The number of hydrogen-bond donors (Lipinski definition) is 1. The first-order valence-corrected chi connectivity index (χ1v) is 8.01. The molecule has 0 aliphatic heterocycles. The second-order valence-corrected chi connectivity index (χ2v) is 6.03. The summed E-state index contributed by atoms with van der Waals surface area (Å²) in [5.41, 5.74) is 0.782. The minimum absolute atomic E-state index is 0.0196. The van der Waals surface area contributed by atoms with Crippen molar-refractivity contribution >= 4 is 17.7 Å². The van der Waals surface area contributed by atoms with Gasteiger partial charge in [0.2, 0.25) is 5.91 Å². The van der Waals surface area contributed by atoms with E-state index in [9.17, 15) is 4.79 Å². The Hall–Kier alpha value is -1.76. The summed E-state index contributed by atoms with van der Waals surface area (Å²) in [5, 5.41) is 11.3. The van der Waals surface area contributed by atoms with Crippen LogP contribution in [-0.2, 0) is 4.79 Å². The minimum Gasteiger partial charge on any atom is -0.469 e. The minimum atomic E-state index is 0.0196. The van der Waals surface area contributed by atoms with Crippen molar-refractivity contribution in [2.45, 2.75) is 43.9 Å². The topological polar surface area (TPSA) is 81.2 Å². The van der Waals surface area contributed by atoms with E-state index in [0.717, 1.165) is 24.2 Å². The molecule has 1 fully saturated rings. The lowest BCUT2D eigenvalue weighted by molar-refractivity contribution is -0.119. The summed E-state index contributed by atoms with van der Waals surface area (Å²) < 4.78 is 10.7. The largest absolute Gasteiger partial charge is 0.469 e. The second kappa shape index (κ2) is 6.34. The molecule has 6 nitrogen and oxygen atoms in total. The molecule has 0 spiro atoms. The van der Waals surface area contributed by atoms with E-state index in [1.54, 1.807) is 12.3 Å². The molecule has 2 heterocycles. The van der Waals surface area contributed by atoms with Gasteiger partial charge in [0.15, 0.2) is 0 Å². The third-order valence-corrected chi connectivity index (χ3v) is 4.36. The molecular weight excluding hydrogens is 290 g/mol. The first kappa shape index (κ1) is 14.2. The van der Waals surface area contributed by atoms with Crippen LogP contribution >= 0.6 is 11.8 Å². The van der Waals surface area contributed by atoms with Gasteiger partial charge in [-0.15, -0.1) is 10.2 Å². The van der Waals surface area contributed by atoms with Gasteiger partial charge in [-0.1, -0.05) is 24.6 Å². The fraction of sp³-hybridized carbons (Fsp3) is 0.500. The standard InChI is InChI=1S/C14H17N3O3S/c1-9-11(6-7-19-9)13-16-17-14(20-13)21-8-12(18)15-10-4-2-3-5-10/h6-7,10H,2-5,8H2,1H3,(H,15,18). The van der Waals surface area contributed by atoms with Crippen molar-refractivity contribution in [1.82, 2.24) is 15.5 Å². The monoisotopic (exact) mass is 307 g/mol. The summed E-state index contributed by atoms with van der Waals surface area (Å²) in [5.74, 6) is 1.46. The molecule has 7 heteroatoms. The quantitative estimate of drug-likeness (QED) is 0.855. The highest BCUT2D eigenvalue weighted by atomic mass is 32.2. The number of rotatable bonds is 5. The van der Waals surface area contributed by atoms with E-state index >= 15 is 0 Å². The number of carbonyl (C=O) groups excluding carboxylic acids is 1. The highest BCUT2D eigenvalue weighted by Crippen LogP contribution is 2.26. The van der Waals surface area contributed by atoms with Crippen LogP contribution < -0.4 is 5.32 Å². The molecule has 0 atom stereocenters. The maximum atomic E-state index is 11.8. The molecule has 1 aliphatic rings. The Morgan fingerprint density at radius 2 is 2.24 bits per heavy atom. The van der Waals surface area contributed by atoms with Gasteiger partial charge in [0.1, 0.15) is 5.76 Å². The van der Waals surface area contributed by atoms with Gasteiger partial charge in [0.05, 0.1) is 17.6 Å². The average Bonchev–Trinajstić information content (AvgIpc) is 3.17. The molecule has 0 bridgehead atoms. The molecule has 0 radical (unpaired) electrons. The Labute approximate surface area is 126 Å². The predicted molar refractivity (Wildman–Crippen MR) is 77.9 cm³/mol. The van der Waals surface area contributed by atoms with Crippen LogP contribution in [0.2, 0.25) is 0 Å². The van der Waals surface area contributed by atoms with E-state index in [4.69, 9.17) is 8.83 Å². The van der Waals surface area contributed by atoms with Crippen LogP contribution in [0.1, 0.15) is 31.4 Å². The predicted octanol–water partition coefficient (Wildman–Crippen LogP) is 2.79. The first-order valence-electron chi connectivity index (χ1n) is 7.02. The molecule has 0 unspecified atom stereocenters. The number of amides is 1. The smallest absolute Gasteiger partial charge is 0.277 e. The zero-order valence-corrected chi connectivity index (χ0v) is 12.6. The van der Waals surface area contributed by atoms with Crippen molar-refractivity contribution < 1.29 is 13.6 Å². The summed E-state index contributed by atoms with van der Waals surface area (Å²) in [6.45, 7) is 1.83. The van der Waals surface area contributed by atoms with E-state index in [1.807, 2.05) is 6.92 Å². The fourth-order valence-corrected chi connectivity index (χ4v) is 3.02. The number of thioether (sulfide) groups is 1. The molecule has 2 aromatic heterocycles. The normalized spacial score (nSPS) is 15.5. The third kappa shape index (κ3) is 3.47. The summed E-state index contributed by atoms with van der Waals surface area (Å²) in [4.78, 5) is 11.8. The van der Waals surface area contributed by atoms with E-state index in [0.29, 0.717) is 22.9 Å². The van der Waals surface area contributed by atoms with Crippen LogP contribution in [0.25, 0.3) is 11.5 Å². The van der Waals surface area contributed by atoms with Crippen LogP contribution in [0, 0.1) is 6.92 Å². The van der Waals surface area contributed by atoms with E-state index < -0.39 is 0 Å². The van der Waals surface area contributed by atoms with Crippen LogP contribution in [0.3, 0.4) is 0 Å². The number of aromatic nitrogens is 2. The Kier molecular flexibility index (Phi) is 4.28. The molecule has 0 aromatic carbocycles. The molecule has 2 aromatic rings. The molecular formula is C14H17N3O3S. The first-order chi connectivity index (χ1) is 10.2. The van der Waals surface area contributed by atoms with Gasteiger partial charge in [-0.05, 0) is 25.8 Å². The summed E-state index contributed by atoms with van der Waals surface area (Å²) >= 11 is 1.25. The molecule has 3 rings (SSSR count). The maximum Gasteiger partial charge on any atom is 0.277 e. The Bertz CT molecular complexity index is 617. The summed E-state index contributed by atoms with van der Waals surface area (Å²) in [7, 11) is 0. The van der Waals surface area contributed by atoms with Gasteiger partial charge in [0, 0.05) is 6.04 Å². The molecule has 1 amide bonds. The lowest BCUT2D eigenvalue weighted by atomic mass is 10.2. The van der Waals surface area contributed by atoms with Crippen LogP contribution in [0.5, 0.6) is 0 Å². The highest BCUT2D eigenvalue weighted by Gasteiger charge is 2.18. The van der Waals surface area contributed by atoms with E-state index in [2.05, 4.69) is 15.5 Å². The van der Waals surface area contributed by atoms with Gasteiger partial charge in [-0.25, -0.2) is 0 Å². The number of aryl methyl sites for hydroxylation is 1. The highest BCUT2D eigenvalue weighted by molar-refractivity contribution is 7.99. The molecule has 1 aliphatic carbocycles. The SMILES string of the molecule is Cc1occc1-c1nnc(SCC(=O)NC2CCCC2)o1. The van der Waals surface area contributed by atoms with Gasteiger partial charge in [0.25, 0.3) is 11.1 Å². The van der Waals surface area contributed by atoms with Gasteiger partial charge in [-0.3, -0.25) is 4.79 Å². The van der Waals surface area contributed by atoms with Gasteiger partial charge in [-0.2, -0.15) is 0 Å². The van der Waals surface area contributed by atoms with Crippen molar-refractivity contribution in [3.63, 3.8) is 0 Å². The van der Waals surface area contributed by atoms with E-state index in [-0.39, 0.29) is 5.91 Å². The van der Waals surface area contributed by atoms with Crippen LogP contribution in [0.4, 0.5) is 0 Å². The molecule has 0 saturated heterocycles. The van der Waals surface area contributed by atoms with Gasteiger partial charge < -0.3 is 14.2 Å². The third-order valence-electron chi connectivity index (χ3n) is 3.54. The van der Waals surface area contributed by atoms with Crippen molar-refractivity contribution in [3.05, 3.63) is 18.1 Å². The van der Waals surface area contributed by atoms with Crippen molar-refractivity contribution in [2.75, 3.05) is 5.75 Å². The molecule has 1 N–H and O–H groups in total. The van der Waals surface area contributed by atoms with E-state index in [1.165, 1.54) is 24.6 Å². The maximum absolute atomic E-state index is 11.8. The lowest BCUT2D eigenvalue weighted by Crippen LogP contribution is -2.33. The Balaban J connectivity index is 1.53. The number of nitrogens with one attached hydrogen (secondary N) is 1. The fourth-order valence-electron chi connectivity index (χ4n) is 2.45. The van der Waals surface area contributed by atoms with Crippen molar-refractivity contribution in [3.8, 4) is 11.5 Å². The zero-order chi connectivity index (χ0) is 14.7. The molecule has 1 saturated carbocycles. The number of furan rings is 1.